The van der Waals surface area contributed by atoms with E-state index in [0.717, 1.165) is 49.7 Å². The van der Waals surface area contributed by atoms with Crippen LogP contribution in [0.5, 0.6) is 5.75 Å². The van der Waals surface area contributed by atoms with E-state index in [1.165, 1.54) is 5.57 Å². The van der Waals surface area contributed by atoms with Gasteiger partial charge in [0.25, 0.3) is 0 Å². The summed E-state index contributed by atoms with van der Waals surface area (Å²) in [5, 5.41) is 0. The summed E-state index contributed by atoms with van der Waals surface area (Å²) in [7, 11) is 0. The molecule has 2 aliphatic carbocycles. The van der Waals surface area contributed by atoms with Gasteiger partial charge in [0.15, 0.2) is 17.5 Å². The van der Waals surface area contributed by atoms with Crippen LogP contribution in [-0.2, 0) is 6.42 Å². The zero-order valence-electron chi connectivity index (χ0n) is 20.4. The molecule has 7 heteroatoms. The van der Waals surface area contributed by atoms with Gasteiger partial charge in [-0.15, -0.1) is 0 Å². The van der Waals surface area contributed by atoms with Crippen LogP contribution in [0.4, 0.5) is 26.3 Å². The first-order valence-corrected chi connectivity index (χ1v) is 12.9. The zero-order chi connectivity index (χ0) is 25.9. The van der Waals surface area contributed by atoms with Crippen molar-refractivity contribution in [2.45, 2.75) is 83.2 Å². The molecule has 2 aromatic carbocycles. The van der Waals surface area contributed by atoms with Crippen molar-refractivity contribution in [2.75, 3.05) is 0 Å². The maximum absolute atomic E-state index is 14.7. The highest BCUT2D eigenvalue weighted by molar-refractivity contribution is 5.30. The molecule has 1 nitrogen and oxygen atoms in total. The van der Waals surface area contributed by atoms with Gasteiger partial charge < -0.3 is 4.74 Å². The number of alkyl halides is 2. The third-order valence-corrected chi connectivity index (χ3v) is 7.71. The number of rotatable bonds is 8. The molecule has 0 heterocycles. The predicted octanol–water partition coefficient (Wildman–Crippen LogP) is 9.26. The van der Waals surface area contributed by atoms with Crippen LogP contribution in [0.25, 0.3) is 0 Å². The van der Waals surface area contributed by atoms with Gasteiger partial charge in [-0.05, 0) is 86.8 Å². The van der Waals surface area contributed by atoms with Crippen molar-refractivity contribution in [3.63, 3.8) is 0 Å². The molecular weight excluding hydrogens is 478 g/mol. The first kappa shape index (κ1) is 26.6. The van der Waals surface area contributed by atoms with E-state index in [1.54, 1.807) is 6.07 Å². The first-order chi connectivity index (χ1) is 17.2. The Kier molecular flexibility index (Phi) is 8.36. The molecule has 4 rings (SSSR count). The topological polar surface area (TPSA) is 9.23 Å². The molecule has 2 aromatic rings. The van der Waals surface area contributed by atoms with Crippen LogP contribution in [0.3, 0.4) is 0 Å². The number of ether oxygens (including phenoxy) is 1. The van der Waals surface area contributed by atoms with Crippen molar-refractivity contribution in [2.24, 2.45) is 11.8 Å². The molecule has 1 saturated carbocycles. The largest absolute Gasteiger partial charge is 0.432 e. The minimum absolute atomic E-state index is 0.125. The third-order valence-electron chi connectivity index (χ3n) is 7.71. The lowest BCUT2D eigenvalue weighted by Gasteiger charge is -2.35. The van der Waals surface area contributed by atoms with Crippen molar-refractivity contribution in [3.05, 3.63) is 76.4 Å². The zero-order valence-corrected chi connectivity index (χ0v) is 20.4. The quantitative estimate of drug-likeness (QED) is 0.195. The number of allylic oxidation sites excluding steroid dienone is 2. The molecule has 1 unspecified atom stereocenters. The van der Waals surface area contributed by atoms with Gasteiger partial charge in [0.05, 0.1) is 5.92 Å². The normalized spacial score (nSPS) is 22.9. The maximum Gasteiger partial charge on any atom is 0.400 e. The number of benzene rings is 2. The highest BCUT2D eigenvalue weighted by Crippen LogP contribution is 2.45. The molecule has 36 heavy (non-hydrogen) atoms. The highest BCUT2D eigenvalue weighted by Gasteiger charge is 2.44. The van der Waals surface area contributed by atoms with Crippen LogP contribution in [-0.4, -0.2) is 6.11 Å². The summed E-state index contributed by atoms with van der Waals surface area (Å²) in [5.74, 6) is -6.51. The van der Waals surface area contributed by atoms with E-state index in [-0.39, 0.29) is 30.5 Å². The average Bonchev–Trinajstić information content (AvgIpc) is 2.86. The Hall–Kier alpha value is -2.44. The molecule has 0 aromatic heterocycles. The van der Waals surface area contributed by atoms with Crippen molar-refractivity contribution >= 4 is 0 Å². The molecule has 1 atom stereocenters. The molecule has 0 spiro atoms. The van der Waals surface area contributed by atoms with Crippen LogP contribution in [0.15, 0.2) is 42.0 Å². The van der Waals surface area contributed by atoms with Gasteiger partial charge in [0, 0.05) is 12.1 Å². The maximum atomic E-state index is 14.7. The molecule has 1 fully saturated rings. The lowest BCUT2D eigenvalue weighted by atomic mass is 9.73. The standard InChI is InChI=1S/C29H32F6O/c1-2-3-4-18-5-14-24(25(30)15-18)21-8-6-19(7-9-21)20-10-12-22(13-11-20)29(34,35)36-23-16-26(31)28(33)27(32)17-23/h5-6,14-17,20-22H,2-4,7-13H2,1H3. The van der Waals surface area contributed by atoms with Gasteiger partial charge in [-0.1, -0.05) is 37.1 Å². The van der Waals surface area contributed by atoms with Gasteiger partial charge in [0.1, 0.15) is 11.6 Å². The summed E-state index contributed by atoms with van der Waals surface area (Å²) < 4.78 is 88.6. The Bertz CT molecular complexity index is 1060. The Morgan fingerprint density at radius 2 is 1.56 bits per heavy atom. The van der Waals surface area contributed by atoms with Crippen molar-refractivity contribution < 1.29 is 31.1 Å². The molecule has 0 aliphatic heterocycles. The molecule has 0 saturated heterocycles. The van der Waals surface area contributed by atoms with Crippen molar-refractivity contribution in [1.82, 2.24) is 0 Å². The van der Waals surface area contributed by atoms with E-state index >= 15 is 0 Å². The van der Waals surface area contributed by atoms with Crippen molar-refractivity contribution in [1.29, 1.82) is 0 Å². The highest BCUT2D eigenvalue weighted by atomic mass is 19.3. The molecule has 0 amide bonds. The van der Waals surface area contributed by atoms with E-state index in [1.807, 2.05) is 12.1 Å². The fourth-order valence-electron chi connectivity index (χ4n) is 5.58. The van der Waals surface area contributed by atoms with E-state index in [2.05, 4.69) is 17.7 Å². The lowest BCUT2D eigenvalue weighted by Crippen LogP contribution is -2.37. The third kappa shape index (κ3) is 6.09. The summed E-state index contributed by atoms with van der Waals surface area (Å²) in [5.41, 5.74) is 3.02. The molecule has 2 aliphatic rings. The van der Waals surface area contributed by atoms with Crippen LogP contribution < -0.4 is 4.74 Å². The Morgan fingerprint density at radius 3 is 2.14 bits per heavy atom. The average molecular weight is 511 g/mol. The van der Waals surface area contributed by atoms with E-state index in [4.69, 9.17) is 0 Å². The van der Waals surface area contributed by atoms with Crippen LogP contribution >= 0.6 is 0 Å². The molecule has 0 bridgehead atoms. The number of hydrogen-bond donors (Lipinski definition) is 0. The summed E-state index contributed by atoms with van der Waals surface area (Å²) in [4.78, 5) is 0. The minimum Gasteiger partial charge on any atom is -0.432 e. The molecule has 0 N–H and O–H groups in total. The second kappa shape index (κ2) is 11.3. The Balaban J connectivity index is 1.32. The smallest absolute Gasteiger partial charge is 0.400 e. The van der Waals surface area contributed by atoms with E-state index < -0.39 is 35.2 Å². The van der Waals surface area contributed by atoms with Gasteiger partial charge in [-0.2, -0.15) is 8.78 Å². The Labute approximate surface area is 208 Å². The second-order valence-electron chi connectivity index (χ2n) is 10.1. The van der Waals surface area contributed by atoms with E-state index in [0.29, 0.717) is 25.0 Å². The van der Waals surface area contributed by atoms with Gasteiger partial charge in [0.2, 0.25) is 0 Å². The van der Waals surface area contributed by atoms with E-state index in [9.17, 15) is 26.3 Å². The van der Waals surface area contributed by atoms with Crippen LogP contribution in [0, 0.1) is 35.1 Å². The fraction of sp³-hybridized carbons (Fsp3) is 0.517. The van der Waals surface area contributed by atoms with Gasteiger partial charge in [-0.3, -0.25) is 0 Å². The first-order valence-electron chi connectivity index (χ1n) is 12.9. The molecule has 196 valence electrons. The van der Waals surface area contributed by atoms with Crippen LogP contribution in [0.1, 0.15) is 81.8 Å². The number of unbranched alkanes of at least 4 members (excludes halogenated alkanes) is 1. The summed E-state index contributed by atoms with van der Waals surface area (Å²) >= 11 is 0. The fourth-order valence-corrected chi connectivity index (χ4v) is 5.58. The SMILES string of the molecule is CCCCc1ccc(C2CC=C(C3CCC(C(F)(F)Oc4cc(F)c(F)c(F)c4)CC3)CC2)c(F)c1. The summed E-state index contributed by atoms with van der Waals surface area (Å²) in [6.45, 7) is 2.11. The van der Waals surface area contributed by atoms with Crippen LogP contribution in [0.2, 0.25) is 0 Å². The Morgan fingerprint density at radius 1 is 0.861 bits per heavy atom. The summed E-state index contributed by atoms with van der Waals surface area (Å²) in [6.07, 6.45) is 5.45. The van der Waals surface area contributed by atoms with Crippen molar-refractivity contribution in [3.8, 4) is 5.75 Å². The number of halogens is 6. The number of aryl methyl sites for hydroxylation is 1. The monoisotopic (exact) mass is 510 g/mol. The second-order valence-corrected chi connectivity index (χ2v) is 10.1. The predicted molar refractivity (Wildman–Crippen MR) is 127 cm³/mol. The minimum atomic E-state index is -3.62. The van der Waals surface area contributed by atoms with Gasteiger partial charge >= 0.3 is 6.11 Å². The summed E-state index contributed by atoms with van der Waals surface area (Å²) in [6, 6.07) is 6.45. The number of hydrogen-bond acceptors (Lipinski definition) is 1. The lowest BCUT2D eigenvalue weighted by molar-refractivity contribution is -0.223. The molecular formula is C29H32F6O. The van der Waals surface area contributed by atoms with Gasteiger partial charge in [-0.25, -0.2) is 17.6 Å². The molecule has 0 radical (unpaired) electrons.